The predicted octanol–water partition coefficient (Wildman–Crippen LogP) is 14.0. The zero-order valence-electron chi connectivity index (χ0n) is 29.0. The minimum atomic E-state index is 0.971. The fourth-order valence-corrected chi connectivity index (χ4v) is 8.09. The first kappa shape index (κ1) is 30.8. The highest BCUT2D eigenvalue weighted by Crippen LogP contribution is 2.57. The summed E-state index contributed by atoms with van der Waals surface area (Å²) in [6.07, 6.45) is 2.02. The molecule has 1 aliphatic heterocycles. The largest absolute Gasteiger partial charge is 0.309 e. The molecule has 248 valence electrons. The summed E-state index contributed by atoms with van der Waals surface area (Å²) in [4.78, 5) is 7.41. The molecule has 0 aliphatic carbocycles. The zero-order chi connectivity index (χ0) is 35.1. The minimum Gasteiger partial charge on any atom is -0.309 e. The third-order valence-corrected chi connectivity index (χ3v) is 10.5. The number of anilines is 3. The average Bonchev–Trinajstić information content (AvgIpc) is 3.25. The molecule has 1 aromatic heterocycles. The standard InChI is InChI=1S/C51H34N2/c1-5-16-35(17-6-1)40-24-13-14-25-44(40)50-42(36-18-7-2-8-19-36)30-32-46-45-31-29-41(38-28-33-47(52-34-38)37-20-9-3-10-21-37)43-26-15-27-48(49(43)45)53(51(46)50)39-22-11-4-12-23-39/h1-34H. The Balaban J connectivity index is 1.27. The Morgan fingerprint density at radius 3 is 1.58 bits per heavy atom. The third-order valence-electron chi connectivity index (χ3n) is 10.5. The highest BCUT2D eigenvalue weighted by Gasteiger charge is 2.32. The van der Waals surface area contributed by atoms with Crippen molar-refractivity contribution in [2.24, 2.45) is 0 Å². The van der Waals surface area contributed by atoms with Crippen molar-refractivity contribution >= 4 is 27.8 Å². The SMILES string of the molecule is c1ccc(-c2ccc(-c3ccc4c5c(cccc35)N(c3ccccc3)c3c-4ccc(-c4ccccc4)c3-c3ccccc3-c3ccccc3)cn2)cc1. The van der Waals surface area contributed by atoms with Gasteiger partial charge >= 0.3 is 0 Å². The summed E-state index contributed by atoms with van der Waals surface area (Å²) in [7, 11) is 0. The normalized spacial score (nSPS) is 11.7. The average molecular weight is 675 g/mol. The van der Waals surface area contributed by atoms with Gasteiger partial charge in [0.15, 0.2) is 0 Å². The van der Waals surface area contributed by atoms with Gasteiger partial charge in [-0.15, -0.1) is 0 Å². The molecule has 10 rings (SSSR count). The molecule has 0 bridgehead atoms. The van der Waals surface area contributed by atoms with Crippen molar-refractivity contribution in [2.45, 2.75) is 0 Å². The molecule has 0 saturated carbocycles. The summed E-state index contributed by atoms with van der Waals surface area (Å²) in [5.41, 5.74) is 17.5. The lowest BCUT2D eigenvalue weighted by Crippen LogP contribution is -2.17. The van der Waals surface area contributed by atoms with Crippen molar-refractivity contribution < 1.29 is 0 Å². The van der Waals surface area contributed by atoms with Crippen molar-refractivity contribution in [3.63, 3.8) is 0 Å². The Labute approximate surface area is 309 Å². The van der Waals surface area contributed by atoms with Crippen LogP contribution in [-0.4, -0.2) is 4.98 Å². The lowest BCUT2D eigenvalue weighted by Gasteiger charge is -2.37. The second-order valence-electron chi connectivity index (χ2n) is 13.5. The lowest BCUT2D eigenvalue weighted by molar-refractivity contribution is 1.28. The van der Waals surface area contributed by atoms with Crippen LogP contribution < -0.4 is 4.90 Å². The van der Waals surface area contributed by atoms with Crippen molar-refractivity contribution in [3.05, 3.63) is 206 Å². The lowest BCUT2D eigenvalue weighted by atomic mass is 9.81. The molecule has 0 spiro atoms. The molecule has 53 heavy (non-hydrogen) atoms. The smallest absolute Gasteiger partial charge is 0.0702 e. The first-order chi connectivity index (χ1) is 26.3. The van der Waals surface area contributed by atoms with E-state index < -0.39 is 0 Å². The van der Waals surface area contributed by atoms with Crippen LogP contribution in [0.5, 0.6) is 0 Å². The number of hydrogen-bond donors (Lipinski definition) is 0. The molecule has 0 amide bonds. The van der Waals surface area contributed by atoms with E-state index >= 15 is 0 Å². The van der Waals surface area contributed by atoms with Gasteiger partial charge in [0.2, 0.25) is 0 Å². The number of fused-ring (bicyclic) bond motifs is 2. The Kier molecular flexibility index (Phi) is 7.51. The maximum Gasteiger partial charge on any atom is 0.0702 e. The molecule has 9 aromatic rings. The number of hydrogen-bond acceptors (Lipinski definition) is 2. The summed E-state index contributed by atoms with van der Waals surface area (Å²) in [5, 5.41) is 2.45. The van der Waals surface area contributed by atoms with Gasteiger partial charge in [-0.05, 0) is 68.6 Å². The molecule has 2 heterocycles. The summed E-state index contributed by atoms with van der Waals surface area (Å²) < 4.78 is 0. The quantitative estimate of drug-likeness (QED) is 0.174. The molecule has 1 aliphatic rings. The van der Waals surface area contributed by atoms with Crippen LogP contribution in [0.4, 0.5) is 17.1 Å². The van der Waals surface area contributed by atoms with Crippen LogP contribution in [0.2, 0.25) is 0 Å². The summed E-state index contributed by atoms with van der Waals surface area (Å²) in [6, 6.07) is 72.0. The van der Waals surface area contributed by atoms with E-state index in [4.69, 9.17) is 4.98 Å². The minimum absolute atomic E-state index is 0.971. The van der Waals surface area contributed by atoms with Gasteiger partial charge in [0, 0.05) is 39.5 Å². The first-order valence-electron chi connectivity index (χ1n) is 18.1. The van der Waals surface area contributed by atoms with Crippen LogP contribution >= 0.6 is 0 Å². The number of pyridine rings is 1. The zero-order valence-corrected chi connectivity index (χ0v) is 29.0. The maximum absolute atomic E-state index is 4.92. The van der Waals surface area contributed by atoms with Crippen LogP contribution in [0.1, 0.15) is 0 Å². The topological polar surface area (TPSA) is 16.1 Å². The van der Waals surface area contributed by atoms with Gasteiger partial charge in [-0.1, -0.05) is 176 Å². The highest BCUT2D eigenvalue weighted by molar-refractivity contribution is 6.20. The Bertz CT molecular complexity index is 2740. The van der Waals surface area contributed by atoms with Crippen LogP contribution in [0.3, 0.4) is 0 Å². The molecule has 0 fully saturated rings. The Hall–Kier alpha value is -7.03. The predicted molar refractivity (Wildman–Crippen MR) is 223 cm³/mol. The van der Waals surface area contributed by atoms with Crippen molar-refractivity contribution in [2.75, 3.05) is 4.90 Å². The van der Waals surface area contributed by atoms with Crippen LogP contribution in [0.25, 0.3) is 77.7 Å². The molecule has 0 N–H and O–H groups in total. The number of nitrogens with zero attached hydrogens (tertiary/aromatic N) is 2. The summed E-state index contributed by atoms with van der Waals surface area (Å²) in [6.45, 7) is 0. The monoisotopic (exact) mass is 674 g/mol. The second-order valence-corrected chi connectivity index (χ2v) is 13.5. The van der Waals surface area contributed by atoms with Crippen molar-refractivity contribution in [1.29, 1.82) is 0 Å². The molecule has 2 nitrogen and oxygen atoms in total. The fourth-order valence-electron chi connectivity index (χ4n) is 8.09. The van der Waals surface area contributed by atoms with E-state index in [0.717, 1.165) is 28.2 Å². The van der Waals surface area contributed by atoms with Crippen molar-refractivity contribution in [3.8, 4) is 66.9 Å². The molecular weight excluding hydrogens is 641 g/mol. The van der Waals surface area contributed by atoms with Gasteiger partial charge < -0.3 is 4.90 Å². The van der Waals surface area contributed by atoms with Crippen molar-refractivity contribution in [1.82, 2.24) is 4.98 Å². The highest BCUT2D eigenvalue weighted by atomic mass is 15.2. The van der Waals surface area contributed by atoms with E-state index in [9.17, 15) is 0 Å². The third kappa shape index (κ3) is 5.23. The van der Waals surface area contributed by atoms with Gasteiger partial charge in [0.25, 0.3) is 0 Å². The van der Waals surface area contributed by atoms with Gasteiger partial charge in [0.1, 0.15) is 0 Å². The number of para-hydroxylation sites is 1. The molecule has 0 unspecified atom stereocenters. The molecule has 0 atom stereocenters. The van der Waals surface area contributed by atoms with Gasteiger partial charge in [0.05, 0.1) is 17.1 Å². The molecule has 0 saturated heterocycles. The summed E-state index contributed by atoms with van der Waals surface area (Å²) in [5.74, 6) is 0. The first-order valence-corrected chi connectivity index (χ1v) is 18.1. The van der Waals surface area contributed by atoms with Gasteiger partial charge in [-0.3, -0.25) is 4.98 Å². The van der Waals surface area contributed by atoms with E-state index in [2.05, 4.69) is 199 Å². The Morgan fingerprint density at radius 2 is 0.906 bits per heavy atom. The van der Waals surface area contributed by atoms with Crippen LogP contribution in [0.15, 0.2) is 206 Å². The molecule has 2 heteroatoms. The Morgan fingerprint density at radius 1 is 0.340 bits per heavy atom. The molecule has 0 radical (unpaired) electrons. The fraction of sp³-hybridized carbons (Fsp3) is 0. The van der Waals surface area contributed by atoms with E-state index in [1.54, 1.807) is 0 Å². The van der Waals surface area contributed by atoms with Crippen LogP contribution in [0, 0.1) is 0 Å². The maximum atomic E-state index is 4.92. The number of benzene rings is 8. The molecular formula is C51H34N2. The second kappa shape index (κ2) is 12.9. The van der Waals surface area contributed by atoms with E-state index in [0.29, 0.717) is 0 Å². The van der Waals surface area contributed by atoms with E-state index in [1.165, 1.54) is 66.5 Å². The van der Waals surface area contributed by atoms with Crippen LogP contribution in [-0.2, 0) is 0 Å². The summed E-state index contributed by atoms with van der Waals surface area (Å²) >= 11 is 0. The number of aromatic nitrogens is 1. The van der Waals surface area contributed by atoms with E-state index in [-0.39, 0.29) is 0 Å². The van der Waals surface area contributed by atoms with Gasteiger partial charge in [-0.25, -0.2) is 0 Å². The molecule has 8 aromatic carbocycles. The number of rotatable bonds is 6. The van der Waals surface area contributed by atoms with E-state index in [1.807, 2.05) is 12.3 Å². The van der Waals surface area contributed by atoms with Gasteiger partial charge in [-0.2, -0.15) is 0 Å².